The highest BCUT2D eigenvalue weighted by molar-refractivity contribution is 5.53. The van der Waals surface area contributed by atoms with Crippen LogP contribution in [0.3, 0.4) is 0 Å². The Bertz CT molecular complexity index is 718. The summed E-state index contributed by atoms with van der Waals surface area (Å²) < 4.78 is 7.08. The standard InChI is InChI=1S/C17H19N3O/c1-13(14-6-8-16(21-2)9-7-14)18-11-15-12-19-20-10-4-3-5-17(15)20/h3-10,12-13,18H,11H2,1-2H3. The normalized spacial score (nSPS) is 12.5. The van der Waals surface area contributed by atoms with Gasteiger partial charge in [0.15, 0.2) is 0 Å². The summed E-state index contributed by atoms with van der Waals surface area (Å²) in [6.45, 7) is 2.95. The minimum Gasteiger partial charge on any atom is -0.497 e. The van der Waals surface area contributed by atoms with Crippen molar-refractivity contribution in [3.63, 3.8) is 0 Å². The van der Waals surface area contributed by atoms with Crippen LogP contribution < -0.4 is 10.1 Å². The molecule has 108 valence electrons. The van der Waals surface area contributed by atoms with Gasteiger partial charge in [-0.25, -0.2) is 4.52 Å². The quantitative estimate of drug-likeness (QED) is 0.780. The van der Waals surface area contributed by atoms with Crippen LogP contribution in [0, 0.1) is 0 Å². The Kier molecular flexibility index (Phi) is 3.88. The molecule has 21 heavy (non-hydrogen) atoms. The lowest BCUT2D eigenvalue weighted by atomic mass is 10.1. The molecule has 1 N–H and O–H groups in total. The summed E-state index contributed by atoms with van der Waals surface area (Å²) >= 11 is 0. The number of hydrogen-bond acceptors (Lipinski definition) is 3. The lowest BCUT2D eigenvalue weighted by Gasteiger charge is -2.14. The Hall–Kier alpha value is -2.33. The van der Waals surface area contributed by atoms with Crippen molar-refractivity contribution in [1.29, 1.82) is 0 Å². The fourth-order valence-electron chi connectivity index (χ4n) is 2.40. The second-order valence-corrected chi connectivity index (χ2v) is 5.08. The molecule has 0 spiro atoms. The van der Waals surface area contributed by atoms with Crippen molar-refractivity contribution < 1.29 is 4.74 Å². The van der Waals surface area contributed by atoms with Crippen molar-refractivity contribution in [2.24, 2.45) is 0 Å². The zero-order valence-electron chi connectivity index (χ0n) is 12.3. The Labute approximate surface area is 124 Å². The third-order valence-electron chi connectivity index (χ3n) is 3.72. The Morgan fingerprint density at radius 1 is 1.19 bits per heavy atom. The topological polar surface area (TPSA) is 38.6 Å². The molecule has 4 nitrogen and oxygen atoms in total. The molecule has 0 aliphatic rings. The Balaban J connectivity index is 1.68. The van der Waals surface area contributed by atoms with Gasteiger partial charge in [-0.05, 0) is 36.8 Å². The SMILES string of the molecule is COc1ccc(C(C)NCc2cnn3ccccc23)cc1. The highest BCUT2D eigenvalue weighted by Gasteiger charge is 2.07. The number of methoxy groups -OCH3 is 1. The first-order valence-electron chi connectivity index (χ1n) is 7.06. The summed E-state index contributed by atoms with van der Waals surface area (Å²) in [5.41, 5.74) is 3.59. The smallest absolute Gasteiger partial charge is 0.118 e. The minimum absolute atomic E-state index is 0.273. The first kappa shape index (κ1) is 13.6. The molecule has 0 aliphatic carbocycles. The van der Waals surface area contributed by atoms with Crippen molar-refractivity contribution in [3.8, 4) is 5.75 Å². The number of nitrogens with one attached hydrogen (secondary N) is 1. The van der Waals surface area contributed by atoms with E-state index in [1.165, 1.54) is 11.1 Å². The molecule has 0 saturated heterocycles. The number of aromatic nitrogens is 2. The van der Waals surface area contributed by atoms with E-state index in [2.05, 4.69) is 35.5 Å². The van der Waals surface area contributed by atoms with E-state index in [1.807, 2.05) is 41.2 Å². The van der Waals surface area contributed by atoms with E-state index in [1.54, 1.807) is 7.11 Å². The molecule has 1 unspecified atom stereocenters. The van der Waals surface area contributed by atoms with E-state index >= 15 is 0 Å². The average molecular weight is 281 g/mol. The number of ether oxygens (including phenoxy) is 1. The second kappa shape index (κ2) is 5.97. The van der Waals surface area contributed by atoms with Gasteiger partial charge < -0.3 is 10.1 Å². The number of benzene rings is 1. The number of rotatable bonds is 5. The maximum atomic E-state index is 5.18. The van der Waals surface area contributed by atoms with Crippen LogP contribution in [0.5, 0.6) is 5.75 Å². The summed E-state index contributed by atoms with van der Waals surface area (Å²) in [6, 6.07) is 14.5. The Morgan fingerprint density at radius 3 is 2.76 bits per heavy atom. The fourth-order valence-corrected chi connectivity index (χ4v) is 2.40. The van der Waals surface area contributed by atoms with Crippen molar-refractivity contribution >= 4 is 5.52 Å². The fraction of sp³-hybridized carbons (Fsp3) is 0.235. The molecule has 1 atom stereocenters. The maximum Gasteiger partial charge on any atom is 0.118 e. The van der Waals surface area contributed by atoms with Gasteiger partial charge in [0.25, 0.3) is 0 Å². The number of nitrogens with zero attached hydrogens (tertiary/aromatic N) is 2. The van der Waals surface area contributed by atoms with Gasteiger partial charge in [-0.15, -0.1) is 0 Å². The third-order valence-corrected chi connectivity index (χ3v) is 3.72. The molecule has 2 heterocycles. The van der Waals surface area contributed by atoms with Crippen LogP contribution in [0.1, 0.15) is 24.1 Å². The van der Waals surface area contributed by atoms with Crippen molar-refractivity contribution in [2.75, 3.05) is 7.11 Å². The highest BCUT2D eigenvalue weighted by atomic mass is 16.5. The van der Waals surface area contributed by atoms with Crippen LogP contribution in [0.4, 0.5) is 0 Å². The third kappa shape index (κ3) is 2.90. The molecule has 0 radical (unpaired) electrons. The summed E-state index contributed by atoms with van der Waals surface area (Å²) in [7, 11) is 1.68. The maximum absolute atomic E-state index is 5.18. The Morgan fingerprint density at radius 2 is 2.00 bits per heavy atom. The molecule has 0 fully saturated rings. The number of pyridine rings is 1. The van der Waals surface area contributed by atoms with Crippen LogP contribution in [-0.2, 0) is 6.54 Å². The van der Waals surface area contributed by atoms with Gasteiger partial charge in [-0.3, -0.25) is 0 Å². The molecule has 1 aromatic carbocycles. The van der Waals surface area contributed by atoms with Gasteiger partial charge in [-0.1, -0.05) is 18.2 Å². The van der Waals surface area contributed by atoms with Gasteiger partial charge in [0, 0.05) is 24.3 Å². The monoisotopic (exact) mass is 281 g/mol. The van der Waals surface area contributed by atoms with E-state index in [4.69, 9.17) is 4.74 Å². The summed E-state index contributed by atoms with van der Waals surface area (Å²) in [5, 5.41) is 7.89. The number of hydrogen-bond donors (Lipinski definition) is 1. The average Bonchev–Trinajstić information content (AvgIpc) is 2.96. The summed E-state index contributed by atoms with van der Waals surface area (Å²) in [5.74, 6) is 0.883. The molecule has 0 aliphatic heterocycles. The predicted octanol–water partition coefficient (Wildman–Crippen LogP) is 3.19. The van der Waals surface area contributed by atoms with Gasteiger partial charge >= 0.3 is 0 Å². The molecule has 4 heteroatoms. The first-order valence-corrected chi connectivity index (χ1v) is 7.06. The molecule has 3 rings (SSSR count). The molecule has 0 saturated carbocycles. The van der Waals surface area contributed by atoms with E-state index in [0.717, 1.165) is 17.8 Å². The first-order chi connectivity index (χ1) is 10.3. The van der Waals surface area contributed by atoms with E-state index in [9.17, 15) is 0 Å². The zero-order chi connectivity index (χ0) is 14.7. The van der Waals surface area contributed by atoms with Crippen molar-refractivity contribution in [1.82, 2.24) is 14.9 Å². The van der Waals surface area contributed by atoms with Crippen LogP contribution in [0.2, 0.25) is 0 Å². The minimum atomic E-state index is 0.273. The van der Waals surface area contributed by atoms with Gasteiger partial charge in [0.2, 0.25) is 0 Å². The van der Waals surface area contributed by atoms with Gasteiger partial charge in [-0.2, -0.15) is 5.10 Å². The van der Waals surface area contributed by atoms with Crippen molar-refractivity contribution in [3.05, 3.63) is 66.0 Å². The predicted molar refractivity (Wildman–Crippen MR) is 83.4 cm³/mol. The highest BCUT2D eigenvalue weighted by Crippen LogP contribution is 2.18. The second-order valence-electron chi connectivity index (χ2n) is 5.08. The van der Waals surface area contributed by atoms with E-state index in [0.29, 0.717) is 0 Å². The van der Waals surface area contributed by atoms with Gasteiger partial charge in [0.1, 0.15) is 5.75 Å². The van der Waals surface area contributed by atoms with Crippen molar-refractivity contribution in [2.45, 2.75) is 19.5 Å². The molecular formula is C17H19N3O. The summed E-state index contributed by atoms with van der Waals surface area (Å²) in [6.07, 6.45) is 3.88. The van der Waals surface area contributed by atoms with Crippen LogP contribution in [0.15, 0.2) is 54.9 Å². The van der Waals surface area contributed by atoms with Crippen LogP contribution >= 0.6 is 0 Å². The van der Waals surface area contributed by atoms with Gasteiger partial charge in [0.05, 0.1) is 18.8 Å². The molecule has 0 amide bonds. The number of fused-ring (bicyclic) bond motifs is 1. The van der Waals surface area contributed by atoms with E-state index < -0.39 is 0 Å². The van der Waals surface area contributed by atoms with Crippen LogP contribution in [0.25, 0.3) is 5.52 Å². The largest absolute Gasteiger partial charge is 0.497 e. The van der Waals surface area contributed by atoms with Crippen LogP contribution in [-0.4, -0.2) is 16.7 Å². The zero-order valence-corrected chi connectivity index (χ0v) is 12.3. The molecule has 0 bridgehead atoms. The van der Waals surface area contributed by atoms with E-state index in [-0.39, 0.29) is 6.04 Å². The lowest BCUT2D eigenvalue weighted by Crippen LogP contribution is -2.17. The summed E-state index contributed by atoms with van der Waals surface area (Å²) in [4.78, 5) is 0. The molecule has 3 aromatic rings. The molecular weight excluding hydrogens is 262 g/mol. The molecule has 2 aromatic heterocycles. The lowest BCUT2D eigenvalue weighted by molar-refractivity contribution is 0.414.